The Labute approximate surface area is 106 Å². The van der Waals surface area contributed by atoms with Crippen molar-refractivity contribution in [2.24, 2.45) is 0 Å². The first-order valence-corrected chi connectivity index (χ1v) is 6.40. The molecule has 0 radical (unpaired) electrons. The molecule has 0 N–H and O–H groups in total. The molecule has 4 heterocycles. The summed E-state index contributed by atoms with van der Waals surface area (Å²) in [5.41, 5.74) is 4.06. The molecule has 0 aliphatic rings. The minimum Gasteiger partial charge on any atom is -0.271 e. The summed E-state index contributed by atoms with van der Waals surface area (Å²) in [4.78, 5) is 10.1. The van der Waals surface area contributed by atoms with Crippen molar-refractivity contribution < 1.29 is 0 Å². The minimum absolute atomic E-state index is 0.847. The molecular formula is C12H9N5S. The molecule has 0 atom stereocenters. The maximum absolute atomic E-state index is 4.59. The second kappa shape index (κ2) is 3.23. The van der Waals surface area contributed by atoms with Crippen molar-refractivity contribution in [2.75, 3.05) is 0 Å². The highest BCUT2D eigenvalue weighted by Crippen LogP contribution is 2.35. The molecular weight excluding hydrogens is 246 g/mol. The predicted molar refractivity (Wildman–Crippen MR) is 70.9 cm³/mol. The number of aromatic nitrogens is 5. The van der Waals surface area contributed by atoms with Gasteiger partial charge in [0.2, 0.25) is 0 Å². The molecule has 0 aliphatic heterocycles. The van der Waals surface area contributed by atoms with Gasteiger partial charge in [0.1, 0.15) is 22.2 Å². The molecule has 5 nitrogen and oxygen atoms in total. The molecule has 0 unspecified atom stereocenters. The second-order valence-corrected chi connectivity index (χ2v) is 5.35. The Morgan fingerprint density at radius 2 is 2.11 bits per heavy atom. The molecule has 0 bridgehead atoms. The lowest BCUT2D eigenvalue weighted by Gasteiger charge is -1.98. The van der Waals surface area contributed by atoms with Gasteiger partial charge in [-0.3, -0.25) is 4.40 Å². The van der Waals surface area contributed by atoms with Crippen LogP contribution >= 0.6 is 11.3 Å². The van der Waals surface area contributed by atoms with Crippen molar-refractivity contribution in [1.29, 1.82) is 0 Å². The van der Waals surface area contributed by atoms with Crippen LogP contribution in [0.25, 0.3) is 26.1 Å². The Bertz CT molecular complexity index is 905. The summed E-state index contributed by atoms with van der Waals surface area (Å²) in [6.07, 6.45) is 3.42. The van der Waals surface area contributed by atoms with E-state index in [4.69, 9.17) is 0 Å². The molecule has 4 aromatic rings. The van der Waals surface area contributed by atoms with Crippen molar-refractivity contribution in [3.8, 4) is 0 Å². The molecule has 4 rings (SSSR count). The van der Waals surface area contributed by atoms with E-state index in [0.29, 0.717) is 0 Å². The second-order valence-electron chi connectivity index (χ2n) is 4.35. The van der Waals surface area contributed by atoms with E-state index in [2.05, 4.69) is 33.2 Å². The van der Waals surface area contributed by atoms with Crippen LogP contribution in [0, 0.1) is 13.8 Å². The average Bonchev–Trinajstić information content (AvgIpc) is 2.89. The molecule has 6 heteroatoms. The summed E-state index contributed by atoms with van der Waals surface area (Å²) in [7, 11) is 0. The number of hydrogen-bond donors (Lipinski definition) is 0. The van der Waals surface area contributed by atoms with E-state index in [-0.39, 0.29) is 0 Å². The van der Waals surface area contributed by atoms with Crippen LogP contribution < -0.4 is 0 Å². The highest BCUT2D eigenvalue weighted by atomic mass is 32.1. The number of thiophene rings is 1. The zero-order valence-corrected chi connectivity index (χ0v) is 10.7. The van der Waals surface area contributed by atoms with Gasteiger partial charge in [0, 0.05) is 11.1 Å². The van der Waals surface area contributed by atoms with Crippen LogP contribution in [0.15, 0.2) is 18.7 Å². The Hall–Kier alpha value is -2.08. The van der Waals surface area contributed by atoms with E-state index < -0.39 is 0 Å². The van der Waals surface area contributed by atoms with Gasteiger partial charge in [-0.25, -0.2) is 9.97 Å². The molecule has 18 heavy (non-hydrogen) atoms. The number of aryl methyl sites for hydroxylation is 2. The van der Waals surface area contributed by atoms with Gasteiger partial charge in [-0.2, -0.15) is 0 Å². The topological polar surface area (TPSA) is 56.0 Å². The molecule has 0 spiro atoms. The number of pyridine rings is 1. The SMILES string of the molecule is Cc1cc(C)c2c(n1)sc1c2ncn2cnnc12. The Balaban J connectivity index is 2.33. The number of hydrogen-bond acceptors (Lipinski definition) is 5. The van der Waals surface area contributed by atoms with Gasteiger partial charge in [-0.1, -0.05) is 0 Å². The first-order chi connectivity index (χ1) is 8.74. The molecule has 0 amide bonds. The normalized spacial score (nSPS) is 11.9. The fourth-order valence-electron chi connectivity index (χ4n) is 2.31. The lowest BCUT2D eigenvalue weighted by molar-refractivity contribution is 1.08. The number of rotatable bonds is 0. The van der Waals surface area contributed by atoms with Gasteiger partial charge in [0.05, 0.1) is 5.52 Å². The van der Waals surface area contributed by atoms with E-state index in [1.54, 1.807) is 24.0 Å². The van der Waals surface area contributed by atoms with Crippen LogP contribution in [0.5, 0.6) is 0 Å². The maximum atomic E-state index is 4.59. The lowest BCUT2D eigenvalue weighted by Crippen LogP contribution is -1.87. The zero-order valence-electron chi connectivity index (χ0n) is 9.88. The highest BCUT2D eigenvalue weighted by Gasteiger charge is 2.14. The number of nitrogens with zero attached hydrogens (tertiary/aromatic N) is 5. The third-order valence-corrected chi connectivity index (χ3v) is 4.12. The quantitative estimate of drug-likeness (QED) is 0.484. The molecule has 0 aliphatic carbocycles. The predicted octanol–water partition coefficient (Wildman–Crippen LogP) is 2.50. The van der Waals surface area contributed by atoms with Gasteiger partial charge < -0.3 is 0 Å². The fraction of sp³-hybridized carbons (Fsp3) is 0.167. The highest BCUT2D eigenvalue weighted by molar-refractivity contribution is 7.26. The van der Waals surface area contributed by atoms with E-state index in [1.165, 1.54) is 5.56 Å². The first kappa shape index (κ1) is 9.90. The van der Waals surface area contributed by atoms with Crippen LogP contribution in [0.1, 0.15) is 11.3 Å². The van der Waals surface area contributed by atoms with Gasteiger partial charge in [-0.05, 0) is 25.5 Å². The van der Waals surface area contributed by atoms with E-state index in [0.717, 1.165) is 31.8 Å². The third kappa shape index (κ3) is 1.15. The van der Waals surface area contributed by atoms with Gasteiger partial charge in [0.15, 0.2) is 5.65 Å². The Morgan fingerprint density at radius 3 is 3.00 bits per heavy atom. The molecule has 0 saturated carbocycles. The zero-order chi connectivity index (χ0) is 12.3. The third-order valence-electron chi connectivity index (χ3n) is 3.05. The van der Waals surface area contributed by atoms with Crippen molar-refractivity contribution in [1.82, 2.24) is 24.6 Å². The van der Waals surface area contributed by atoms with Gasteiger partial charge in [-0.15, -0.1) is 21.5 Å². The lowest BCUT2D eigenvalue weighted by atomic mass is 10.1. The Kier molecular flexibility index (Phi) is 1.78. The summed E-state index contributed by atoms with van der Waals surface area (Å²) >= 11 is 1.63. The minimum atomic E-state index is 0.847. The maximum Gasteiger partial charge on any atom is 0.181 e. The molecule has 88 valence electrons. The summed E-state index contributed by atoms with van der Waals surface area (Å²) in [5, 5.41) is 9.20. The van der Waals surface area contributed by atoms with Crippen LogP contribution in [-0.4, -0.2) is 24.6 Å². The van der Waals surface area contributed by atoms with E-state index in [9.17, 15) is 0 Å². The summed E-state index contributed by atoms with van der Waals surface area (Å²) in [6, 6.07) is 2.09. The van der Waals surface area contributed by atoms with Gasteiger partial charge >= 0.3 is 0 Å². The van der Waals surface area contributed by atoms with E-state index in [1.807, 2.05) is 11.3 Å². The smallest absolute Gasteiger partial charge is 0.181 e. The van der Waals surface area contributed by atoms with Gasteiger partial charge in [0.25, 0.3) is 0 Å². The standard InChI is InChI=1S/C12H9N5S/c1-6-3-7(2)15-12-8(6)9-10(18-12)11-16-14-5-17(11)4-13-9/h3-5H,1-2H3. The van der Waals surface area contributed by atoms with Crippen molar-refractivity contribution in [3.05, 3.63) is 30.0 Å². The van der Waals surface area contributed by atoms with Crippen molar-refractivity contribution in [3.63, 3.8) is 0 Å². The van der Waals surface area contributed by atoms with Crippen LogP contribution in [0.2, 0.25) is 0 Å². The van der Waals surface area contributed by atoms with Crippen LogP contribution in [0.3, 0.4) is 0 Å². The largest absolute Gasteiger partial charge is 0.271 e. The Morgan fingerprint density at radius 1 is 1.22 bits per heavy atom. The van der Waals surface area contributed by atoms with E-state index >= 15 is 0 Å². The average molecular weight is 255 g/mol. The van der Waals surface area contributed by atoms with Crippen LogP contribution in [0.4, 0.5) is 0 Å². The first-order valence-electron chi connectivity index (χ1n) is 5.59. The van der Waals surface area contributed by atoms with Crippen molar-refractivity contribution >= 4 is 37.4 Å². The van der Waals surface area contributed by atoms with Crippen LogP contribution in [-0.2, 0) is 0 Å². The molecule has 4 aromatic heterocycles. The molecule has 0 saturated heterocycles. The van der Waals surface area contributed by atoms with Crippen molar-refractivity contribution in [2.45, 2.75) is 13.8 Å². The molecule has 0 fully saturated rings. The monoisotopic (exact) mass is 255 g/mol. The summed E-state index contributed by atoms with van der Waals surface area (Å²) in [6.45, 7) is 4.11. The fourth-order valence-corrected chi connectivity index (χ4v) is 3.54. The molecule has 0 aromatic carbocycles. The summed E-state index contributed by atoms with van der Waals surface area (Å²) in [5.74, 6) is 0. The number of fused-ring (bicyclic) bond motifs is 5. The summed E-state index contributed by atoms with van der Waals surface area (Å²) < 4.78 is 2.88.